The second kappa shape index (κ2) is 7.39. The topological polar surface area (TPSA) is 23.6 Å². The molecule has 1 aliphatic carbocycles. The van der Waals surface area contributed by atoms with Crippen molar-refractivity contribution in [3.05, 3.63) is 51.5 Å². The van der Waals surface area contributed by atoms with Gasteiger partial charge in [-0.2, -0.15) is 0 Å². The molecule has 0 bridgehead atoms. The Balaban J connectivity index is 1.39. The summed E-state index contributed by atoms with van der Waals surface area (Å²) in [5.41, 5.74) is 2.43. The Morgan fingerprint density at radius 1 is 1.19 bits per heavy atom. The van der Waals surface area contributed by atoms with Crippen molar-refractivity contribution < 1.29 is 9.18 Å². The number of piperazine rings is 1. The van der Waals surface area contributed by atoms with Gasteiger partial charge >= 0.3 is 0 Å². The highest BCUT2D eigenvalue weighted by Crippen LogP contribution is 2.34. The molecule has 1 saturated heterocycles. The number of anilines is 1. The van der Waals surface area contributed by atoms with E-state index in [9.17, 15) is 9.18 Å². The molecule has 0 saturated carbocycles. The van der Waals surface area contributed by atoms with Crippen LogP contribution in [0.1, 0.15) is 39.9 Å². The fraction of sp³-hybridized carbons (Fsp3) is 0.476. The Bertz CT molecular complexity index is 778. The lowest BCUT2D eigenvalue weighted by molar-refractivity contribution is 0.0751. The fourth-order valence-electron chi connectivity index (χ4n) is 4.03. The molecule has 0 unspecified atom stereocenters. The van der Waals surface area contributed by atoms with E-state index >= 15 is 0 Å². The fourth-order valence-corrected chi connectivity index (χ4v) is 5.20. The van der Waals surface area contributed by atoms with Gasteiger partial charge in [0.2, 0.25) is 0 Å². The smallest absolute Gasteiger partial charge is 0.264 e. The summed E-state index contributed by atoms with van der Waals surface area (Å²) in [4.78, 5) is 19.4. The number of hydrogen-bond donors (Lipinski definition) is 0. The summed E-state index contributed by atoms with van der Waals surface area (Å²) in [6, 6.07) is 8.75. The number of benzene rings is 1. The van der Waals surface area contributed by atoms with Gasteiger partial charge in [-0.05, 0) is 61.1 Å². The number of fused-ring (bicyclic) bond motifs is 1. The first-order chi connectivity index (χ1) is 12.6. The maximum atomic E-state index is 13.1. The van der Waals surface area contributed by atoms with E-state index in [-0.39, 0.29) is 11.7 Å². The van der Waals surface area contributed by atoms with Crippen LogP contribution in [0.3, 0.4) is 0 Å². The van der Waals surface area contributed by atoms with Crippen LogP contribution in [-0.4, -0.2) is 37.0 Å². The van der Waals surface area contributed by atoms with E-state index in [4.69, 9.17) is 0 Å². The zero-order valence-electron chi connectivity index (χ0n) is 15.2. The molecule has 0 spiro atoms. The molecule has 5 heteroatoms. The normalized spacial score (nSPS) is 20.2. The van der Waals surface area contributed by atoms with Crippen molar-refractivity contribution in [2.24, 2.45) is 5.92 Å². The second-order valence-corrected chi connectivity index (χ2v) is 8.47. The summed E-state index contributed by atoms with van der Waals surface area (Å²) < 4.78 is 13.1. The molecule has 1 amide bonds. The molecule has 0 radical (unpaired) electrons. The molecule has 1 atom stereocenters. The zero-order chi connectivity index (χ0) is 18.1. The van der Waals surface area contributed by atoms with Crippen molar-refractivity contribution in [3.63, 3.8) is 0 Å². The highest BCUT2D eigenvalue weighted by atomic mass is 32.1. The van der Waals surface area contributed by atoms with Crippen LogP contribution < -0.4 is 4.90 Å². The zero-order valence-corrected chi connectivity index (χ0v) is 16.0. The number of nitrogens with zero attached hydrogens (tertiary/aromatic N) is 2. The Hall–Kier alpha value is -1.88. The van der Waals surface area contributed by atoms with Crippen LogP contribution >= 0.6 is 11.3 Å². The molecule has 2 heterocycles. The van der Waals surface area contributed by atoms with Gasteiger partial charge in [-0.3, -0.25) is 4.79 Å². The summed E-state index contributed by atoms with van der Waals surface area (Å²) >= 11 is 1.70. The maximum absolute atomic E-state index is 13.1. The quantitative estimate of drug-likeness (QED) is 0.799. The number of hydrogen-bond acceptors (Lipinski definition) is 3. The van der Waals surface area contributed by atoms with Gasteiger partial charge in [0.05, 0.1) is 4.88 Å². The first kappa shape index (κ1) is 17.5. The van der Waals surface area contributed by atoms with Gasteiger partial charge in [-0.25, -0.2) is 4.39 Å². The van der Waals surface area contributed by atoms with Crippen LogP contribution in [0.4, 0.5) is 10.1 Å². The Labute approximate surface area is 158 Å². The van der Waals surface area contributed by atoms with Gasteiger partial charge in [0.25, 0.3) is 5.91 Å². The van der Waals surface area contributed by atoms with E-state index in [0.29, 0.717) is 0 Å². The van der Waals surface area contributed by atoms with Crippen molar-refractivity contribution in [1.82, 2.24) is 4.90 Å². The van der Waals surface area contributed by atoms with Gasteiger partial charge in [-0.15, -0.1) is 11.3 Å². The van der Waals surface area contributed by atoms with E-state index in [2.05, 4.69) is 17.9 Å². The summed E-state index contributed by atoms with van der Waals surface area (Å²) in [5, 5.41) is 0. The Kier molecular flexibility index (Phi) is 4.98. The monoisotopic (exact) mass is 372 g/mol. The average molecular weight is 373 g/mol. The summed E-state index contributed by atoms with van der Waals surface area (Å²) in [5.74, 6) is 0.741. The van der Waals surface area contributed by atoms with Crippen molar-refractivity contribution in [1.29, 1.82) is 0 Å². The lowest BCUT2D eigenvalue weighted by Gasteiger charge is -2.36. The molecular formula is C21H25FN2OS. The molecule has 26 heavy (non-hydrogen) atoms. The number of halogens is 1. The second-order valence-electron chi connectivity index (χ2n) is 7.33. The number of amides is 1. The van der Waals surface area contributed by atoms with E-state index in [0.717, 1.165) is 55.5 Å². The Morgan fingerprint density at radius 2 is 1.92 bits per heavy atom. The molecule has 1 fully saturated rings. The van der Waals surface area contributed by atoms with Crippen molar-refractivity contribution in [2.45, 2.75) is 32.6 Å². The highest BCUT2D eigenvalue weighted by Gasteiger charge is 2.26. The third kappa shape index (κ3) is 3.50. The lowest BCUT2D eigenvalue weighted by atomic mass is 9.87. The third-order valence-electron chi connectivity index (χ3n) is 5.73. The third-order valence-corrected chi connectivity index (χ3v) is 6.96. The van der Waals surface area contributed by atoms with E-state index in [1.807, 2.05) is 17.0 Å². The van der Waals surface area contributed by atoms with Crippen LogP contribution in [-0.2, 0) is 12.8 Å². The molecule has 1 aliphatic heterocycles. The van der Waals surface area contributed by atoms with Gasteiger partial charge in [0.1, 0.15) is 5.82 Å². The van der Waals surface area contributed by atoms with Crippen molar-refractivity contribution >= 4 is 22.9 Å². The first-order valence-electron chi connectivity index (χ1n) is 9.55. The van der Waals surface area contributed by atoms with E-state index < -0.39 is 0 Å². The standard InChI is InChI=1S/C21H25FN2OS/c1-2-15-3-8-19-16(13-15)14-20(26-19)21(25)24-11-9-23(10-12-24)18-6-4-17(22)5-7-18/h4-7,14-15H,2-3,8-13H2,1H3/t15-/m0/s1. The minimum Gasteiger partial charge on any atom is -0.368 e. The van der Waals surface area contributed by atoms with Gasteiger partial charge in [0.15, 0.2) is 0 Å². The van der Waals surface area contributed by atoms with Crippen molar-refractivity contribution in [2.75, 3.05) is 31.1 Å². The highest BCUT2D eigenvalue weighted by molar-refractivity contribution is 7.14. The SMILES string of the molecule is CC[C@H]1CCc2sc(C(=O)N3CCN(c4ccc(F)cc4)CC3)cc2C1. The van der Waals surface area contributed by atoms with Gasteiger partial charge in [-0.1, -0.05) is 13.3 Å². The number of carbonyl (C=O) groups is 1. The van der Waals surface area contributed by atoms with Crippen LogP contribution in [0.25, 0.3) is 0 Å². The van der Waals surface area contributed by atoms with E-state index in [1.54, 1.807) is 11.3 Å². The van der Waals surface area contributed by atoms with Crippen LogP contribution in [0.5, 0.6) is 0 Å². The molecule has 0 N–H and O–H groups in total. The first-order valence-corrected chi connectivity index (χ1v) is 10.4. The predicted molar refractivity (Wildman–Crippen MR) is 105 cm³/mol. The van der Waals surface area contributed by atoms with Crippen molar-refractivity contribution in [3.8, 4) is 0 Å². The molecule has 3 nitrogen and oxygen atoms in total. The summed E-state index contributed by atoms with van der Waals surface area (Å²) in [7, 11) is 0. The summed E-state index contributed by atoms with van der Waals surface area (Å²) in [6.07, 6.45) is 4.75. The molecule has 2 aliphatic rings. The molecule has 1 aromatic heterocycles. The Morgan fingerprint density at radius 3 is 2.62 bits per heavy atom. The molecule has 4 rings (SSSR count). The number of carbonyl (C=O) groups excluding carboxylic acids is 1. The number of aryl methyl sites for hydroxylation is 1. The van der Waals surface area contributed by atoms with Gasteiger partial charge in [0, 0.05) is 36.7 Å². The molecule has 1 aromatic carbocycles. The average Bonchev–Trinajstić information content (AvgIpc) is 3.11. The van der Waals surface area contributed by atoms with Crippen LogP contribution in [0.15, 0.2) is 30.3 Å². The lowest BCUT2D eigenvalue weighted by Crippen LogP contribution is -2.48. The summed E-state index contributed by atoms with van der Waals surface area (Å²) in [6.45, 7) is 5.28. The predicted octanol–water partition coefficient (Wildman–Crippen LogP) is 4.36. The largest absolute Gasteiger partial charge is 0.368 e. The molecule has 138 valence electrons. The molecular weight excluding hydrogens is 347 g/mol. The minimum atomic E-state index is -0.213. The maximum Gasteiger partial charge on any atom is 0.264 e. The number of rotatable bonds is 3. The number of thiophene rings is 1. The van der Waals surface area contributed by atoms with E-state index in [1.165, 1.54) is 35.4 Å². The van der Waals surface area contributed by atoms with Crippen LogP contribution in [0, 0.1) is 11.7 Å². The van der Waals surface area contributed by atoms with Gasteiger partial charge < -0.3 is 9.80 Å². The minimum absolute atomic E-state index is 0.177. The molecule has 2 aromatic rings. The van der Waals surface area contributed by atoms with Crippen LogP contribution in [0.2, 0.25) is 0 Å².